The van der Waals surface area contributed by atoms with Crippen molar-refractivity contribution in [2.45, 2.75) is 25.5 Å². The molecule has 17 heavy (non-hydrogen) atoms. The van der Waals surface area contributed by atoms with E-state index in [0.29, 0.717) is 6.61 Å². The Bertz CT molecular complexity index is 439. The topological polar surface area (TPSA) is 88.8 Å². The first-order valence-electron chi connectivity index (χ1n) is 5.32. The van der Waals surface area contributed by atoms with Crippen LogP contribution in [0.5, 0.6) is 0 Å². The van der Waals surface area contributed by atoms with Crippen molar-refractivity contribution in [2.75, 3.05) is 6.61 Å². The van der Waals surface area contributed by atoms with Gasteiger partial charge in [-0.2, -0.15) is 0 Å². The summed E-state index contributed by atoms with van der Waals surface area (Å²) in [5.74, 6) is -1.54. The number of carboxylic acid groups (broad SMARTS) is 1. The maximum Gasteiger partial charge on any atom is 0.338 e. The minimum absolute atomic E-state index is 0.00139. The Labute approximate surface area is 97.6 Å². The monoisotopic (exact) mass is 239 g/mol. The number of furan rings is 1. The van der Waals surface area contributed by atoms with Crippen LogP contribution in [0.4, 0.5) is 0 Å². The molecular formula is C11H13NO5. The molecule has 1 aliphatic heterocycles. The lowest BCUT2D eigenvalue weighted by molar-refractivity contribution is 0.0695. The predicted octanol–water partition coefficient (Wildman–Crippen LogP) is 0.885. The summed E-state index contributed by atoms with van der Waals surface area (Å²) in [4.78, 5) is 22.4. The highest BCUT2D eigenvalue weighted by atomic mass is 16.5. The van der Waals surface area contributed by atoms with Gasteiger partial charge >= 0.3 is 5.97 Å². The third-order valence-corrected chi connectivity index (χ3v) is 2.76. The predicted molar refractivity (Wildman–Crippen MR) is 57.0 cm³/mol. The summed E-state index contributed by atoms with van der Waals surface area (Å²) in [5, 5.41) is 11.4. The molecule has 1 aromatic rings. The number of carbonyl (C=O) groups is 2. The second kappa shape index (κ2) is 4.58. The summed E-state index contributed by atoms with van der Waals surface area (Å²) in [5.41, 5.74) is -0.0362. The molecule has 2 unspecified atom stereocenters. The molecule has 2 atom stereocenters. The number of hydrogen-bond donors (Lipinski definition) is 2. The van der Waals surface area contributed by atoms with Crippen LogP contribution in [-0.2, 0) is 4.74 Å². The van der Waals surface area contributed by atoms with E-state index in [1.165, 1.54) is 6.07 Å². The van der Waals surface area contributed by atoms with Gasteiger partial charge in [0.25, 0.3) is 5.91 Å². The molecule has 0 aromatic carbocycles. The van der Waals surface area contributed by atoms with Crippen molar-refractivity contribution in [3.05, 3.63) is 23.7 Å². The van der Waals surface area contributed by atoms with Gasteiger partial charge in [0.05, 0.1) is 17.7 Å². The Morgan fingerprint density at radius 3 is 2.82 bits per heavy atom. The van der Waals surface area contributed by atoms with Gasteiger partial charge in [-0.1, -0.05) is 0 Å². The molecule has 0 saturated carbocycles. The highest BCUT2D eigenvalue weighted by Crippen LogP contribution is 2.14. The number of rotatable bonds is 3. The van der Waals surface area contributed by atoms with E-state index < -0.39 is 11.9 Å². The number of aromatic carboxylic acids is 1. The van der Waals surface area contributed by atoms with Crippen LogP contribution in [-0.4, -0.2) is 35.7 Å². The number of nitrogens with one attached hydrogen (secondary N) is 1. The van der Waals surface area contributed by atoms with Crippen molar-refractivity contribution in [1.29, 1.82) is 0 Å². The summed E-state index contributed by atoms with van der Waals surface area (Å²) in [6, 6.07) is 1.15. The molecule has 1 amide bonds. The SMILES string of the molecule is CC1OCCC1NC(=O)c1cc(C(=O)O)co1. The molecule has 6 heteroatoms. The van der Waals surface area contributed by atoms with Crippen molar-refractivity contribution >= 4 is 11.9 Å². The Kier molecular flexibility index (Phi) is 3.14. The quantitative estimate of drug-likeness (QED) is 0.817. The van der Waals surface area contributed by atoms with Crippen LogP contribution in [0.2, 0.25) is 0 Å². The van der Waals surface area contributed by atoms with Crippen LogP contribution >= 0.6 is 0 Å². The lowest BCUT2D eigenvalue weighted by Crippen LogP contribution is -2.39. The molecule has 92 valence electrons. The first-order valence-corrected chi connectivity index (χ1v) is 5.32. The highest BCUT2D eigenvalue weighted by Gasteiger charge is 2.27. The van der Waals surface area contributed by atoms with Crippen molar-refractivity contribution in [2.24, 2.45) is 0 Å². The van der Waals surface area contributed by atoms with E-state index in [9.17, 15) is 9.59 Å². The minimum Gasteiger partial charge on any atom is -0.478 e. The molecule has 2 heterocycles. The first kappa shape index (κ1) is 11.7. The Morgan fingerprint density at radius 2 is 2.29 bits per heavy atom. The van der Waals surface area contributed by atoms with Gasteiger partial charge in [0, 0.05) is 12.7 Å². The third-order valence-electron chi connectivity index (χ3n) is 2.76. The van der Waals surface area contributed by atoms with Crippen molar-refractivity contribution in [3.63, 3.8) is 0 Å². The second-order valence-corrected chi connectivity index (χ2v) is 3.95. The zero-order chi connectivity index (χ0) is 12.4. The molecule has 1 aliphatic rings. The van der Waals surface area contributed by atoms with Crippen molar-refractivity contribution < 1.29 is 23.8 Å². The molecule has 0 radical (unpaired) electrons. The number of hydrogen-bond acceptors (Lipinski definition) is 4. The van der Waals surface area contributed by atoms with E-state index in [0.717, 1.165) is 12.7 Å². The average molecular weight is 239 g/mol. The summed E-state index contributed by atoms with van der Waals surface area (Å²) >= 11 is 0. The highest BCUT2D eigenvalue weighted by molar-refractivity contribution is 5.95. The zero-order valence-electron chi connectivity index (χ0n) is 9.30. The Morgan fingerprint density at radius 1 is 1.53 bits per heavy atom. The Balaban J connectivity index is 2.01. The second-order valence-electron chi connectivity index (χ2n) is 3.95. The van der Waals surface area contributed by atoms with Crippen molar-refractivity contribution in [1.82, 2.24) is 5.32 Å². The van der Waals surface area contributed by atoms with Gasteiger partial charge in [-0.15, -0.1) is 0 Å². The van der Waals surface area contributed by atoms with E-state index in [4.69, 9.17) is 14.3 Å². The van der Waals surface area contributed by atoms with Gasteiger partial charge in [-0.3, -0.25) is 4.79 Å². The fourth-order valence-electron chi connectivity index (χ4n) is 1.73. The van der Waals surface area contributed by atoms with Gasteiger partial charge < -0.3 is 19.6 Å². The molecule has 2 rings (SSSR count). The van der Waals surface area contributed by atoms with E-state index in [2.05, 4.69) is 5.32 Å². The smallest absolute Gasteiger partial charge is 0.338 e. The fourth-order valence-corrected chi connectivity index (χ4v) is 1.73. The minimum atomic E-state index is -1.12. The van der Waals surface area contributed by atoms with Crippen LogP contribution in [0.3, 0.4) is 0 Å². The molecule has 1 fully saturated rings. The number of carboxylic acids is 1. The molecule has 0 aliphatic carbocycles. The molecule has 2 N–H and O–H groups in total. The Hall–Kier alpha value is -1.82. The lowest BCUT2D eigenvalue weighted by Gasteiger charge is -2.14. The largest absolute Gasteiger partial charge is 0.478 e. The van der Waals surface area contributed by atoms with E-state index in [1.54, 1.807) is 0 Å². The maximum absolute atomic E-state index is 11.7. The number of amides is 1. The van der Waals surface area contributed by atoms with Crippen molar-refractivity contribution in [3.8, 4) is 0 Å². The molecule has 0 spiro atoms. The van der Waals surface area contributed by atoms with Gasteiger partial charge in [-0.25, -0.2) is 4.79 Å². The standard InChI is InChI=1S/C11H13NO5/c1-6-8(2-3-16-6)12-10(13)9-4-7(5-17-9)11(14)15/h4-6,8H,2-3H2,1H3,(H,12,13)(H,14,15). The van der Waals surface area contributed by atoms with Gasteiger partial charge in [0.2, 0.25) is 0 Å². The number of carbonyl (C=O) groups excluding carboxylic acids is 1. The van der Waals surface area contributed by atoms with Crippen LogP contribution in [0, 0.1) is 0 Å². The van der Waals surface area contributed by atoms with Gasteiger partial charge in [0.15, 0.2) is 5.76 Å². The zero-order valence-corrected chi connectivity index (χ0v) is 9.30. The van der Waals surface area contributed by atoms with Crippen LogP contribution in [0.1, 0.15) is 34.3 Å². The number of ether oxygens (including phenoxy) is 1. The third kappa shape index (κ3) is 2.47. The van der Waals surface area contributed by atoms with Gasteiger partial charge in [-0.05, 0) is 13.3 Å². The van der Waals surface area contributed by atoms with Gasteiger partial charge in [0.1, 0.15) is 6.26 Å². The molecule has 6 nitrogen and oxygen atoms in total. The summed E-state index contributed by atoms with van der Waals surface area (Å²) in [7, 11) is 0. The molecule has 0 bridgehead atoms. The average Bonchev–Trinajstić information content (AvgIpc) is 2.88. The van der Waals surface area contributed by atoms with E-state index in [-0.39, 0.29) is 23.5 Å². The first-order chi connectivity index (χ1) is 8.08. The van der Waals surface area contributed by atoms with Crippen LogP contribution in [0.25, 0.3) is 0 Å². The lowest BCUT2D eigenvalue weighted by atomic mass is 10.1. The fraction of sp³-hybridized carbons (Fsp3) is 0.455. The maximum atomic E-state index is 11.7. The van der Waals surface area contributed by atoms with E-state index in [1.807, 2.05) is 6.92 Å². The molecule has 1 aromatic heterocycles. The normalized spacial score (nSPS) is 23.6. The van der Waals surface area contributed by atoms with Crippen LogP contribution < -0.4 is 5.32 Å². The molecular weight excluding hydrogens is 226 g/mol. The molecule has 1 saturated heterocycles. The van der Waals surface area contributed by atoms with Crippen LogP contribution in [0.15, 0.2) is 16.7 Å². The summed E-state index contributed by atoms with van der Waals surface area (Å²) < 4.78 is 10.2. The summed E-state index contributed by atoms with van der Waals surface area (Å²) in [6.45, 7) is 2.49. The van der Waals surface area contributed by atoms with E-state index >= 15 is 0 Å². The summed E-state index contributed by atoms with van der Waals surface area (Å²) in [6.07, 6.45) is 1.76.